The number of carbonyl (C=O) groups excluding carboxylic acids is 1. The smallest absolute Gasteiger partial charge is 0.403 e. The number of nitrogens with one attached hydrogen (secondary N) is 1. The van der Waals surface area contributed by atoms with Crippen LogP contribution in [0, 0.1) is 12.7 Å². The number of nitrogens with zero attached hydrogens (tertiary/aromatic N) is 2. The van der Waals surface area contributed by atoms with Crippen molar-refractivity contribution in [1.82, 2.24) is 10.2 Å². The first-order valence-corrected chi connectivity index (χ1v) is 7.32. The molecule has 1 N–H and O–H groups in total. The predicted octanol–water partition coefficient (Wildman–Crippen LogP) is 4.46. The SMILES string of the molecule is Cc1ccc(C(=O)Nc2nnc(-c3ccc(F)cc3)o2)cc1C(F)(F)F. The van der Waals surface area contributed by atoms with Crippen molar-refractivity contribution in [2.45, 2.75) is 13.1 Å². The second kappa shape index (κ2) is 6.58. The molecule has 0 aliphatic heterocycles. The summed E-state index contributed by atoms with van der Waals surface area (Å²) in [7, 11) is 0. The van der Waals surface area contributed by atoms with E-state index in [1.165, 1.54) is 43.3 Å². The number of carbonyl (C=O) groups is 1. The maximum Gasteiger partial charge on any atom is 0.416 e. The molecule has 1 heterocycles. The molecule has 0 atom stereocenters. The molecule has 3 rings (SSSR count). The third-order valence-corrected chi connectivity index (χ3v) is 3.54. The minimum Gasteiger partial charge on any atom is -0.403 e. The lowest BCUT2D eigenvalue weighted by Crippen LogP contribution is -2.15. The van der Waals surface area contributed by atoms with Gasteiger partial charge in [0, 0.05) is 11.1 Å². The first kappa shape index (κ1) is 17.6. The molecule has 26 heavy (non-hydrogen) atoms. The van der Waals surface area contributed by atoms with Crippen molar-refractivity contribution in [1.29, 1.82) is 0 Å². The van der Waals surface area contributed by atoms with E-state index in [4.69, 9.17) is 4.42 Å². The van der Waals surface area contributed by atoms with Gasteiger partial charge in [0.25, 0.3) is 5.91 Å². The predicted molar refractivity (Wildman–Crippen MR) is 83.8 cm³/mol. The fourth-order valence-corrected chi connectivity index (χ4v) is 2.22. The normalized spacial score (nSPS) is 11.4. The average Bonchev–Trinajstić information content (AvgIpc) is 3.03. The summed E-state index contributed by atoms with van der Waals surface area (Å²) in [4.78, 5) is 12.1. The summed E-state index contributed by atoms with van der Waals surface area (Å²) in [5, 5.41) is 9.54. The maximum atomic E-state index is 12.9. The van der Waals surface area contributed by atoms with Crippen LogP contribution < -0.4 is 5.32 Å². The van der Waals surface area contributed by atoms with Gasteiger partial charge in [-0.3, -0.25) is 10.1 Å². The maximum absolute atomic E-state index is 12.9. The molecule has 0 spiro atoms. The van der Waals surface area contributed by atoms with Crippen molar-refractivity contribution < 1.29 is 26.8 Å². The van der Waals surface area contributed by atoms with E-state index in [1.54, 1.807) is 0 Å². The number of aryl methyl sites for hydroxylation is 1. The molecule has 0 saturated heterocycles. The Balaban J connectivity index is 1.80. The molecule has 9 heteroatoms. The standard InChI is InChI=1S/C17H11F4N3O2/c1-9-2-3-11(8-13(9)17(19,20)21)14(25)22-16-24-23-15(26-16)10-4-6-12(18)7-5-10/h2-8H,1H3,(H,22,24,25). The summed E-state index contributed by atoms with van der Waals surface area (Å²) in [6.45, 7) is 1.30. The molecule has 0 bridgehead atoms. The van der Waals surface area contributed by atoms with Crippen molar-refractivity contribution >= 4 is 11.9 Å². The minimum atomic E-state index is -4.57. The molecular formula is C17H11F4N3O2. The largest absolute Gasteiger partial charge is 0.416 e. The van der Waals surface area contributed by atoms with Crippen LogP contribution in [0.15, 0.2) is 46.9 Å². The number of aromatic nitrogens is 2. The molecule has 134 valence electrons. The van der Waals surface area contributed by atoms with E-state index >= 15 is 0 Å². The lowest BCUT2D eigenvalue weighted by atomic mass is 10.0. The summed E-state index contributed by atoms with van der Waals surface area (Å²) in [6, 6.07) is 8.14. The summed E-state index contributed by atoms with van der Waals surface area (Å²) < 4.78 is 57.0. The fraction of sp³-hybridized carbons (Fsp3) is 0.118. The first-order valence-electron chi connectivity index (χ1n) is 7.32. The molecule has 0 aliphatic rings. The number of benzene rings is 2. The topological polar surface area (TPSA) is 68.0 Å². The van der Waals surface area contributed by atoms with E-state index in [2.05, 4.69) is 15.5 Å². The zero-order valence-corrected chi connectivity index (χ0v) is 13.3. The third kappa shape index (κ3) is 3.71. The van der Waals surface area contributed by atoms with Gasteiger partial charge in [-0.05, 0) is 48.9 Å². The van der Waals surface area contributed by atoms with Crippen molar-refractivity contribution in [3.05, 3.63) is 65.0 Å². The highest BCUT2D eigenvalue weighted by Crippen LogP contribution is 2.32. The summed E-state index contributed by atoms with van der Waals surface area (Å²) in [5.74, 6) is -1.24. The van der Waals surface area contributed by atoms with Gasteiger partial charge in [0.05, 0.1) is 5.56 Å². The molecule has 0 radical (unpaired) electrons. The van der Waals surface area contributed by atoms with Crippen LogP contribution in [0.3, 0.4) is 0 Å². The second-order valence-corrected chi connectivity index (χ2v) is 5.40. The van der Waals surface area contributed by atoms with Gasteiger partial charge in [-0.1, -0.05) is 11.2 Å². The monoisotopic (exact) mass is 365 g/mol. The van der Waals surface area contributed by atoms with Gasteiger partial charge in [0.1, 0.15) is 5.82 Å². The molecule has 1 aromatic heterocycles. The van der Waals surface area contributed by atoms with Gasteiger partial charge < -0.3 is 4.42 Å². The molecule has 5 nitrogen and oxygen atoms in total. The van der Waals surface area contributed by atoms with Crippen molar-refractivity contribution in [3.8, 4) is 11.5 Å². The highest BCUT2D eigenvalue weighted by molar-refractivity contribution is 6.03. The zero-order chi connectivity index (χ0) is 18.9. The Morgan fingerprint density at radius 2 is 1.77 bits per heavy atom. The number of hydrogen-bond acceptors (Lipinski definition) is 4. The molecule has 3 aromatic rings. The zero-order valence-electron chi connectivity index (χ0n) is 13.3. The summed E-state index contributed by atoms with van der Waals surface area (Å²) >= 11 is 0. The number of rotatable bonds is 3. The van der Waals surface area contributed by atoms with Crippen LogP contribution in [0.1, 0.15) is 21.5 Å². The van der Waals surface area contributed by atoms with Gasteiger partial charge in [0.15, 0.2) is 0 Å². The highest BCUT2D eigenvalue weighted by Gasteiger charge is 2.33. The van der Waals surface area contributed by atoms with Crippen LogP contribution in [-0.2, 0) is 6.18 Å². The Morgan fingerprint density at radius 1 is 1.08 bits per heavy atom. The van der Waals surface area contributed by atoms with Crippen LogP contribution in [0.4, 0.5) is 23.6 Å². The van der Waals surface area contributed by atoms with Gasteiger partial charge >= 0.3 is 12.2 Å². The Labute approximate surface area is 144 Å². The summed E-state index contributed by atoms with van der Waals surface area (Å²) in [6.07, 6.45) is -4.57. The number of anilines is 1. The van der Waals surface area contributed by atoms with Crippen molar-refractivity contribution in [2.75, 3.05) is 5.32 Å². The molecule has 0 saturated carbocycles. The second-order valence-electron chi connectivity index (χ2n) is 5.40. The number of amides is 1. The van der Waals surface area contributed by atoms with Gasteiger partial charge in [-0.25, -0.2) is 4.39 Å². The lowest BCUT2D eigenvalue weighted by molar-refractivity contribution is -0.138. The van der Waals surface area contributed by atoms with Crippen LogP contribution in [-0.4, -0.2) is 16.1 Å². The number of halogens is 4. The van der Waals surface area contributed by atoms with Crippen LogP contribution >= 0.6 is 0 Å². The molecule has 0 aliphatic carbocycles. The number of hydrogen-bond donors (Lipinski definition) is 1. The molecule has 2 aromatic carbocycles. The van der Waals surface area contributed by atoms with E-state index in [0.29, 0.717) is 5.56 Å². The van der Waals surface area contributed by atoms with E-state index < -0.39 is 23.5 Å². The summed E-state index contributed by atoms with van der Waals surface area (Å²) in [5.41, 5.74) is -0.674. The van der Waals surface area contributed by atoms with Gasteiger partial charge in [-0.15, -0.1) is 5.10 Å². The van der Waals surface area contributed by atoms with Gasteiger partial charge in [0.2, 0.25) is 5.89 Å². The molecule has 1 amide bonds. The first-order chi connectivity index (χ1) is 12.2. The Kier molecular flexibility index (Phi) is 4.45. The van der Waals surface area contributed by atoms with E-state index in [1.807, 2.05) is 0 Å². The number of alkyl halides is 3. The van der Waals surface area contributed by atoms with Crippen LogP contribution in [0.25, 0.3) is 11.5 Å². The lowest BCUT2D eigenvalue weighted by Gasteiger charge is -2.11. The van der Waals surface area contributed by atoms with Gasteiger partial charge in [-0.2, -0.15) is 13.2 Å². The quantitative estimate of drug-likeness (QED) is 0.696. The van der Waals surface area contributed by atoms with E-state index in [9.17, 15) is 22.4 Å². The highest BCUT2D eigenvalue weighted by atomic mass is 19.4. The average molecular weight is 365 g/mol. The van der Waals surface area contributed by atoms with Crippen molar-refractivity contribution in [2.24, 2.45) is 0 Å². The Hall–Kier alpha value is -3.23. The molecule has 0 unspecified atom stereocenters. The minimum absolute atomic E-state index is 0.00503. The van der Waals surface area contributed by atoms with Crippen molar-refractivity contribution in [3.63, 3.8) is 0 Å². The van der Waals surface area contributed by atoms with Crippen LogP contribution in [0.2, 0.25) is 0 Å². The third-order valence-electron chi connectivity index (χ3n) is 3.54. The fourth-order valence-electron chi connectivity index (χ4n) is 2.22. The Morgan fingerprint density at radius 3 is 2.42 bits per heavy atom. The van der Waals surface area contributed by atoms with E-state index in [-0.39, 0.29) is 23.0 Å². The molecule has 0 fully saturated rings. The molecular weight excluding hydrogens is 354 g/mol. The van der Waals surface area contributed by atoms with E-state index in [0.717, 1.165) is 6.07 Å². The Bertz CT molecular complexity index is 949. The van der Waals surface area contributed by atoms with Crippen LogP contribution in [0.5, 0.6) is 0 Å².